The summed E-state index contributed by atoms with van der Waals surface area (Å²) in [7, 11) is 1.43. The molecule has 86 heavy (non-hydrogen) atoms. The number of phenolic OH excluding ortho intramolecular Hbond substituents is 3. The number of esters is 1. The molecule has 2 aromatic heterocycles. The molecule has 2 saturated heterocycles. The number of allylic oxidation sites excluding steroid dienone is 2. The second-order valence-corrected chi connectivity index (χ2v) is 24.9. The minimum atomic E-state index is -2.11. The monoisotopic (exact) mass is 1190 g/mol. The number of carboxylic acid groups (broad SMARTS) is 1. The van der Waals surface area contributed by atoms with Crippen LogP contribution in [0.1, 0.15) is 142 Å². The van der Waals surface area contributed by atoms with E-state index in [1.54, 1.807) is 44.9 Å². The van der Waals surface area contributed by atoms with E-state index in [-0.39, 0.29) is 73.5 Å². The average Bonchev–Trinajstić information content (AvgIpc) is 1.54. The van der Waals surface area contributed by atoms with Gasteiger partial charge in [-0.25, -0.2) is 9.18 Å². The molecule has 0 radical (unpaired) electrons. The number of nitrogens with one attached hydrogen (secondary N) is 2. The Labute approximate surface area is 497 Å². The third-order valence-electron chi connectivity index (χ3n) is 19.1. The zero-order valence-electron chi connectivity index (χ0n) is 50.3. The molecule has 2 saturated carbocycles. The van der Waals surface area contributed by atoms with Crippen molar-refractivity contribution in [1.82, 2.24) is 14.7 Å². The number of ether oxygens (including phenoxy) is 4. The summed E-state index contributed by atoms with van der Waals surface area (Å²) in [5.74, 6) is -10.5. The van der Waals surface area contributed by atoms with Crippen molar-refractivity contribution in [3.8, 4) is 23.0 Å². The Balaban J connectivity index is 0.922. The second kappa shape index (κ2) is 23.6. The van der Waals surface area contributed by atoms with Gasteiger partial charge in [-0.05, 0) is 101 Å². The third kappa shape index (κ3) is 11.2. The van der Waals surface area contributed by atoms with Gasteiger partial charge in [0.05, 0.1) is 70.4 Å². The summed E-state index contributed by atoms with van der Waals surface area (Å²) in [4.78, 5) is 68.8. The molecule has 11 rings (SSSR count). The number of fused-ring (bicyclic) bond motifs is 15. The van der Waals surface area contributed by atoms with Crippen molar-refractivity contribution >= 4 is 57.5 Å². The summed E-state index contributed by atoms with van der Waals surface area (Å²) < 4.78 is 41.3. The standard InChI is InChI=1S/C64H79FN6O15/c1-30-12-11-13-31(2)60(79)67-49-43(27-66-70-23-17-40(18-24-70)68-64(20-21-64)39-16-22-69(28-39)51-33(4)50-41(38-14-15-38)26-42(62(81)82)61(80)71(50)29-44(51)65)55(76)46-47(56(49)77)54(75)36(7)58-48(46)59(78)63(9,86-58)84-25-19-45(83-10)32(3)57(85-37(8)72)35(6)53(74)34(5)52(30)73/h11-13,19,25-27,29-30,32,34-35,38-40,45,52-53,57,68,73-77H,14-18,20-24,28H2,1-10H3,(H,67,79)(H,81,82)/b12-11+,25-19+,31-13-,66-27+/t30-,32+,34+,35+,39+,45-,52-,53+,57+,63-/m0/s1. The first kappa shape index (κ1) is 61.6. The number of aliphatic hydroxyl groups is 2. The van der Waals surface area contributed by atoms with Gasteiger partial charge in [-0.2, -0.15) is 5.10 Å². The largest absolute Gasteiger partial charge is 0.507 e. The molecule has 5 bridgehead atoms. The molecule has 5 aliphatic heterocycles. The van der Waals surface area contributed by atoms with Crippen molar-refractivity contribution in [2.45, 2.75) is 155 Å². The van der Waals surface area contributed by atoms with Gasteiger partial charge in [-0.1, -0.05) is 45.9 Å². The first-order valence-corrected chi connectivity index (χ1v) is 29.7. The maximum Gasteiger partial charge on any atom is 0.341 e. The number of hydrogen-bond donors (Lipinski definition) is 8. The zero-order chi connectivity index (χ0) is 62.2. The lowest BCUT2D eigenvalue weighted by Crippen LogP contribution is -2.49. The Hall–Kier alpha value is -7.53. The number of benzene rings is 2. The van der Waals surface area contributed by atoms with Crippen LogP contribution in [0.25, 0.3) is 16.3 Å². The highest BCUT2D eigenvalue weighted by atomic mass is 19.1. The highest BCUT2D eigenvalue weighted by molar-refractivity contribution is 6.24. The molecule has 2 aromatic carbocycles. The lowest BCUT2D eigenvalue weighted by atomic mass is 9.78. The number of hydrazone groups is 1. The highest BCUT2D eigenvalue weighted by Gasteiger charge is 2.53. The SMILES string of the molecule is CO[C@H]1/C=C/O[C@@]2(C)Oc3c(C)c(O)c4c(O)c(c(/C=N/N5CCC(NC6([C@@H]7CCN(c8c(F)cn9c(=O)c(C(=O)O)cc(C%10CC%10)c9c8C)C7)CC6)CC5)c(O)c4c3C2=O)NC(=O)/C(C)=C\C=C\[C@H](C)[C@H](O)[C@@H](C)[C@@H](O)[C@@H](C)[C@H](OC(C)=O)[C@@H]1C. The average molecular weight is 1190 g/mol. The number of amides is 1. The van der Waals surface area contributed by atoms with Crippen LogP contribution in [0.2, 0.25) is 0 Å². The van der Waals surface area contributed by atoms with Gasteiger partial charge in [-0.3, -0.25) is 28.6 Å². The van der Waals surface area contributed by atoms with E-state index >= 15 is 4.39 Å². The fourth-order valence-corrected chi connectivity index (χ4v) is 13.7. The third-order valence-corrected chi connectivity index (χ3v) is 19.1. The van der Waals surface area contributed by atoms with Crippen LogP contribution in [-0.4, -0.2) is 145 Å². The predicted molar refractivity (Wildman–Crippen MR) is 319 cm³/mol. The molecule has 8 N–H and O–H groups in total. The normalized spacial score (nSPS) is 29.7. The number of ketones is 1. The molecule has 1 amide bonds. The number of aromatic nitrogens is 1. The van der Waals surface area contributed by atoms with E-state index in [1.807, 2.05) is 6.92 Å². The molecule has 4 fully saturated rings. The van der Waals surface area contributed by atoms with Gasteiger partial charge in [0.25, 0.3) is 17.2 Å². The molecule has 462 valence electrons. The van der Waals surface area contributed by atoms with Crippen LogP contribution < -0.4 is 25.8 Å². The van der Waals surface area contributed by atoms with Gasteiger partial charge in [0.1, 0.15) is 28.9 Å². The number of pyridine rings is 2. The van der Waals surface area contributed by atoms with Crippen LogP contribution >= 0.6 is 0 Å². The van der Waals surface area contributed by atoms with Gasteiger partial charge in [0.15, 0.2) is 11.6 Å². The maximum absolute atomic E-state index is 16.2. The molecule has 21 nitrogen and oxygen atoms in total. The number of rotatable bonds is 10. The minimum Gasteiger partial charge on any atom is -0.507 e. The molecule has 7 heterocycles. The van der Waals surface area contributed by atoms with Crippen molar-refractivity contribution < 1.29 is 73.2 Å². The number of carboxylic acids is 1. The van der Waals surface area contributed by atoms with E-state index in [9.17, 15) is 54.6 Å². The van der Waals surface area contributed by atoms with Gasteiger partial charge < -0.3 is 65.1 Å². The van der Waals surface area contributed by atoms with E-state index in [4.69, 9.17) is 24.0 Å². The first-order chi connectivity index (χ1) is 40.7. The number of carbonyl (C=O) groups excluding carboxylic acids is 3. The molecule has 0 unspecified atom stereocenters. The Bertz CT molecular complexity index is 3600. The topological polar surface area (TPSA) is 291 Å². The summed E-state index contributed by atoms with van der Waals surface area (Å²) in [5.41, 5.74) is 0.517. The Morgan fingerprint density at radius 3 is 2.23 bits per heavy atom. The number of phenols is 3. The number of nitrogens with zero attached hydrogens (tertiary/aromatic N) is 4. The van der Waals surface area contributed by atoms with Gasteiger partial charge in [0.2, 0.25) is 0 Å². The summed E-state index contributed by atoms with van der Waals surface area (Å²) >= 11 is 0. The molecular weight excluding hydrogens is 1110 g/mol. The summed E-state index contributed by atoms with van der Waals surface area (Å²) in [5, 5.41) is 82.2. The van der Waals surface area contributed by atoms with E-state index < -0.39 is 106 Å². The molecule has 7 aliphatic rings. The van der Waals surface area contributed by atoms with E-state index in [1.165, 1.54) is 69.9 Å². The zero-order valence-corrected chi connectivity index (χ0v) is 50.3. The Morgan fingerprint density at radius 2 is 1.59 bits per heavy atom. The molecule has 2 aliphatic carbocycles. The number of anilines is 2. The number of hydrogen-bond acceptors (Lipinski definition) is 18. The van der Waals surface area contributed by atoms with Crippen molar-refractivity contribution in [2.75, 3.05) is 43.5 Å². The number of methoxy groups -OCH3 is 1. The number of aryl methyl sites for hydroxylation is 1. The summed E-state index contributed by atoms with van der Waals surface area (Å²) in [6.07, 6.45) is 11.6. The van der Waals surface area contributed by atoms with Crippen LogP contribution in [-0.2, 0) is 23.8 Å². The van der Waals surface area contributed by atoms with Crippen molar-refractivity contribution in [3.63, 3.8) is 0 Å². The van der Waals surface area contributed by atoms with Crippen molar-refractivity contribution in [1.29, 1.82) is 0 Å². The maximum atomic E-state index is 16.2. The van der Waals surface area contributed by atoms with E-state index in [0.717, 1.165) is 43.9 Å². The fourth-order valence-electron chi connectivity index (χ4n) is 13.7. The quantitative estimate of drug-likeness (QED) is 0.0325. The smallest absolute Gasteiger partial charge is 0.341 e. The minimum absolute atomic E-state index is 0.0203. The molecule has 4 aromatic rings. The summed E-state index contributed by atoms with van der Waals surface area (Å²) in [6, 6.07) is 1.57. The van der Waals surface area contributed by atoms with Crippen LogP contribution in [0.15, 0.2) is 58.3 Å². The predicted octanol–water partition coefficient (Wildman–Crippen LogP) is 7.84. The summed E-state index contributed by atoms with van der Waals surface area (Å²) in [6.45, 7) is 16.4. The Kier molecular flexibility index (Phi) is 16.9. The van der Waals surface area contributed by atoms with Crippen LogP contribution in [0.5, 0.6) is 23.0 Å². The van der Waals surface area contributed by atoms with Crippen LogP contribution in [0, 0.1) is 49.3 Å². The Morgan fingerprint density at radius 1 is 0.895 bits per heavy atom. The van der Waals surface area contributed by atoms with Gasteiger partial charge in [0, 0.05) is 98.9 Å². The van der Waals surface area contributed by atoms with Crippen LogP contribution in [0.3, 0.4) is 0 Å². The highest BCUT2D eigenvalue weighted by Crippen LogP contribution is 2.56. The van der Waals surface area contributed by atoms with Crippen LogP contribution in [0.4, 0.5) is 15.8 Å². The number of carbonyl (C=O) groups is 4. The lowest BCUT2D eigenvalue weighted by molar-refractivity contribution is -0.160. The number of piperidine rings is 1. The van der Waals surface area contributed by atoms with E-state index in [2.05, 4.69) is 15.5 Å². The number of Topliss-reactive ketones (excluding diaryl/α,β-unsaturated/α-hetero) is 1. The fraction of sp³-hybridized carbons (Fsp3) is 0.531. The van der Waals surface area contributed by atoms with Gasteiger partial charge in [-0.15, -0.1) is 0 Å². The second-order valence-electron chi connectivity index (χ2n) is 24.9. The van der Waals surface area contributed by atoms with Gasteiger partial charge >= 0.3 is 17.7 Å². The molecule has 10 atom stereocenters. The molecule has 0 spiro atoms. The first-order valence-electron chi connectivity index (χ1n) is 29.7. The molecular formula is C64H79FN6O15. The number of aromatic carboxylic acids is 1. The number of aliphatic hydroxyl groups excluding tert-OH is 2. The number of aromatic hydroxyl groups is 3. The number of halogens is 1. The van der Waals surface area contributed by atoms with Crippen molar-refractivity contribution in [2.24, 2.45) is 34.7 Å². The van der Waals surface area contributed by atoms with Crippen molar-refractivity contribution in [3.05, 3.63) is 98.0 Å². The van der Waals surface area contributed by atoms with E-state index in [0.29, 0.717) is 55.8 Å². The molecule has 22 heteroatoms. The lowest BCUT2D eigenvalue weighted by Gasteiger charge is -2.38.